The molecule has 0 aliphatic rings. The standard InChI is InChI=1S/C18H14F3NO3/c1-3-11(9-12(4-2)17(23)24)16-22-10-15(25-16)13-5-7-14(8-6-13)18(19,20)21/h3-10H,1H2,2H3,(H,23,24)/b11-9+,12-4+. The van der Waals surface area contributed by atoms with Crippen LogP contribution in [0.5, 0.6) is 0 Å². The number of benzene rings is 1. The predicted octanol–water partition coefficient (Wildman–Crippen LogP) is 4.96. The summed E-state index contributed by atoms with van der Waals surface area (Å²) >= 11 is 0. The number of alkyl halides is 3. The first-order chi connectivity index (χ1) is 11.8. The number of oxazole rings is 1. The van der Waals surface area contributed by atoms with E-state index >= 15 is 0 Å². The third-order valence-corrected chi connectivity index (χ3v) is 3.34. The zero-order valence-corrected chi connectivity index (χ0v) is 13.2. The van der Waals surface area contributed by atoms with Crippen molar-refractivity contribution in [3.05, 3.63) is 72.3 Å². The van der Waals surface area contributed by atoms with Gasteiger partial charge in [0, 0.05) is 11.1 Å². The van der Waals surface area contributed by atoms with E-state index in [9.17, 15) is 18.0 Å². The van der Waals surface area contributed by atoms with Gasteiger partial charge in [0.25, 0.3) is 0 Å². The molecule has 1 aromatic carbocycles. The Kier molecular flexibility index (Phi) is 5.26. The molecule has 0 spiro atoms. The second-order valence-electron chi connectivity index (χ2n) is 4.96. The number of rotatable bonds is 5. The fraction of sp³-hybridized carbons (Fsp3) is 0.111. The molecule has 0 saturated carbocycles. The number of hydrogen-bond donors (Lipinski definition) is 1. The molecule has 4 nitrogen and oxygen atoms in total. The van der Waals surface area contributed by atoms with Crippen molar-refractivity contribution in [2.24, 2.45) is 0 Å². The Morgan fingerprint density at radius 3 is 2.40 bits per heavy atom. The lowest BCUT2D eigenvalue weighted by atomic mass is 10.1. The van der Waals surface area contributed by atoms with Gasteiger partial charge in [-0.25, -0.2) is 9.78 Å². The van der Waals surface area contributed by atoms with E-state index in [-0.39, 0.29) is 17.2 Å². The summed E-state index contributed by atoms with van der Waals surface area (Å²) in [6, 6.07) is 4.45. The summed E-state index contributed by atoms with van der Waals surface area (Å²) in [4.78, 5) is 15.1. The lowest BCUT2D eigenvalue weighted by molar-refractivity contribution is -0.137. The maximum absolute atomic E-state index is 12.6. The first-order valence-electron chi connectivity index (χ1n) is 7.14. The molecule has 2 aromatic rings. The van der Waals surface area contributed by atoms with Gasteiger partial charge in [-0.3, -0.25) is 0 Å². The Bertz CT molecular complexity index is 843. The Labute approximate surface area is 141 Å². The van der Waals surface area contributed by atoms with E-state index < -0.39 is 17.7 Å². The van der Waals surface area contributed by atoms with Crippen molar-refractivity contribution >= 4 is 11.5 Å². The zero-order valence-electron chi connectivity index (χ0n) is 13.2. The summed E-state index contributed by atoms with van der Waals surface area (Å²) in [5.74, 6) is -0.740. The van der Waals surface area contributed by atoms with Gasteiger partial charge in [-0.15, -0.1) is 0 Å². The van der Waals surface area contributed by atoms with Crippen LogP contribution in [0.2, 0.25) is 0 Å². The minimum absolute atomic E-state index is 0.0316. The maximum atomic E-state index is 12.6. The van der Waals surface area contributed by atoms with Crippen LogP contribution in [0.3, 0.4) is 0 Å². The SMILES string of the molecule is C=C/C(=C\C(=C/C)C(=O)O)c1ncc(-c2ccc(C(F)(F)F)cc2)o1. The molecular weight excluding hydrogens is 335 g/mol. The number of aromatic nitrogens is 1. The van der Waals surface area contributed by atoms with E-state index in [1.807, 2.05) is 0 Å². The van der Waals surface area contributed by atoms with Gasteiger partial charge in [0.2, 0.25) is 5.89 Å². The molecule has 0 aliphatic heterocycles. The molecular formula is C18H14F3NO3. The van der Waals surface area contributed by atoms with Gasteiger partial charge in [0.1, 0.15) is 0 Å². The van der Waals surface area contributed by atoms with Crippen LogP contribution in [-0.2, 0) is 11.0 Å². The van der Waals surface area contributed by atoms with Crippen molar-refractivity contribution in [1.29, 1.82) is 0 Å². The molecule has 25 heavy (non-hydrogen) atoms. The van der Waals surface area contributed by atoms with Gasteiger partial charge in [-0.2, -0.15) is 13.2 Å². The van der Waals surface area contributed by atoms with Crippen LogP contribution in [-0.4, -0.2) is 16.1 Å². The zero-order chi connectivity index (χ0) is 18.6. The van der Waals surface area contributed by atoms with Gasteiger partial charge in [-0.05, 0) is 25.1 Å². The number of carboxylic acid groups (broad SMARTS) is 1. The number of allylic oxidation sites excluding steroid dienone is 3. The van der Waals surface area contributed by atoms with E-state index in [4.69, 9.17) is 9.52 Å². The Morgan fingerprint density at radius 1 is 1.28 bits per heavy atom. The molecule has 130 valence electrons. The quantitative estimate of drug-likeness (QED) is 0.612. The van der Waals surface area contributed by atoms with Crippen molar-refractivity contribution in [1.82, 2.24) is 4.98 Å². The highest BCUT2D eigenvalue weighted by molar-refractivity contribution is 5.93. The molecule has 0 atom stereocenters. The molecule has 0 saturated heterocycles. The third kappa shape index (κ3) is 4.26. The summed E-state index contributed by atoms with van der Waals surface area (Å²) in [7, 11) is 0. The van der Waals surface area contributed by atoms with Crippen molar-refractivity contribution in [3.8, 4) is 11.3 Å². The van der Waals surface area contributed by atoms with E-state index in [0.29, 0.717) is 11.1 Å². The minimum Gasteiger partial charge on any atom is -0.478 e. The molecule has 0 amide bonds. The lowest BCUT2D eigenvalue weighted by Crippen LogP contribution is -2.03. The van der Waals surface area contributed by atoms with Crippen molar-refractivity contribution in [3.63, 3.8) is 0 Å². The van der Waals surface area contributed by atoms with Crippen LogP contribution < -0.4 is 0 Å². The van der Waals surface area contributed by atoms with Gasteiger partial charge in [0.15, 0.2) is 5.76 Å². The third-order valence-electron chi connectivity index (χ3n) is 3.34. The van der Waals surface area contributed by atoms with Crippen molar-refractivity contribution in [2.75, 3.05) is 0 Å². The van der Waals surface area contributed by atoms with Gasteiger partial charge in [-0.1, -0.05) is 30.9 Å². The van der Waals surface area contributed by atoms with Crippen LogP contribution in [0.1, 0.15) is 18.4 Å². The summed E-state index contributed by atoms with van der Waals surface area (Å²) in [6.07, 6.45) is 1.08. The second-order valence-corrected chi connectivity index (χ2v) is 4.96. The number of hydrogen-bond acceptors (Lipinski definition) is 3. The van der Waals surface area contributed by atoms with Gasteiger partial charge >= 0.3 is 12.1 Å². The van der Waals surface area contributed by atoms with E-state index in [0.717, 1.165) is 12.1 Å². The molecule has 1 heterocycles. The van der Waals surface area contributed by atoms with Crippen LogP contribution in [0.25, 0.3) is 16.9 Å². The summed E-state index contributed by atoms with van der Waals surface area (Å²) in [6.45, 7) is 5.16. The molecule has 0 bridgehead atoms. The minimum atomic E-state index is -4.41. The van der Waals surface area contributed by atoms with Gasteiger partial charge < -0.3 is 9.52 Å². The Balaban J connectivity index is 2.34. The van der Waals surface area contributed by atoms with E-state index in [2.05, 4.69) is 11.6 Å². The Hall–Kier alpha value is -3.09. The summed E-state index contributed by atoms with van der Waals surface area (Å²) in [5.41, 5.74) is 0.0272. The molecule has 0 aliphatic carbocycles. The van der Waals surface area contributed by atoms with Crippen molar-refractivity contribution in [2.45, 2.75) is 13.1 Å². The number of nitrogens with zero attached hydrogens (tertiary/aromatic N) is 1. The number of halogens is 3. The molecule has 2 rings (SSSR count). The number of carbonyl (C=O) groups is 1. The summed E-state index contributed by atoms with van der Waals surface area (Å²) < 4.78 is 43.3. The van der Waals surface area contributed by atoms with Crippen LogP contribution in [0.4, 0.5) is 13.2 Å². The number of carboxylic acids is 1. The average molecular weight is 349 g/mol. The fourth-order valence-corrected chi connectivity index (χ4v) is 2.01. The average Bonchev–Trinajstić information content (AvgIpc) is 3.04. The molecule has 0 fully saturated rings. The largest absolute Gasteiger partial charge is 0.478 e. The highest BCUT2D eigenvalue weighted by atomic mass is 19.4. The predicted molar refractivity (Wildman–Crippen MR) is 86.5 cm³/mol. The molecule has 0 radical (unpaired) electrons. The number of aliphatic carboxylic acids is 1. The maximum Gasteiger partial charge on any atom is 0.416 e. The van der Waals surface area contributed by atoms with Crippen LogP contribution in [0, 0.1) is 0 Å². The first kappa shape index (κ1) is 18.3. The highest BCUT2D eigenvalue weighted by Gasteiger charge is 2.30. The monoisotopic (exact) mass is 349 g/mol. The highest BCUT2D eigenvalue weighted by Crippen LogP contribution is 2.31. The molecule has 7 heteroatoms. The smallest absolute Gasteiger partial charge is 0.416 e. The lowest BCUT2D eigenvalue weighted by Gasteiger charge is -2.06. The first-order valence-corrected chi connectivity index (χ1v) is 7.14. The second kappa shape index (κ2) is 7.21. The fourth-order valence-electron chi connectivity index (χ4n) is 2.01. The topological polar surface area (TPSA) is 63.3 Å². The van der Waals surface area contributed by atoms with Crippen LogP contribution in [0.15, 0.2) is 65.3 Å². The van der Waals surface area contributed by atoms with Crippen LogP contribution >= 0.6 is 0 Å². The van der Waals surface area contributed by atoms with E-state index in [1.165, 1.54) is 36.6 Å². The molecule has 1 N–H and O–H groups in total. The van der Waals surface area contributed by atoms with Crippen molar-refractivity contribution < 1.29 is 27.5 Å². The molecule has 1 aromatic heterocycles. The van der Waals surface area contributed by atoms with Gasteiger partial charge in [0.05, 0.1) is 17.3 Å². The van der Waals surface area contributed by atoms with E-state index in [1.54, 1.807) is 6.92 Å². The summed E-state index contributed by atoms with van der Waals surface area (Å²) in [5, 5.41) is 9.05. The molecule has 0 unspecified atom stereocenters. The Morgan fingerprint density at radius 2 is 1.92 bits per heavy atom. The normalized spacial score (nSPS) is 13.0.